The predicted molar refractivity (Wildman–Crippen MR) is 70.2 cm³/mol. The van der Waals surface area contributed by atoms with Crippen LogP contribution in [0, 0.1) is 0 Å². The molecule has 3 rings (SSSR count). The zero-order valence-corrected chi connectivity index (χ0v) is 10.5. The molecule has 0 aromatic carbocycles. The Hall–Kier alpha value is -2.63. The Labute approximate surface area is 109 Å². The Balaban J connectivity index is 2.15. The molecule has 6 heteroatoms. The highest BCUT2D eigenvalue weighted by Crippen LogP contribution is 2.29. The molecule has 0 saturated heterocycles. The van der Waals surface area contributed by atoms with Gasteiger partial charge in [-0.15, -0.1) is 0 Å². The van der Waals surface area contributed by atoms with Gasteiger partial charge in [0.05, 0.1) is 25.3 Å². The van der Waals surface area contributed by atoms with E-state index in [1.807, 2.05) is 18.2 Å². The molecule has 19 heavy (non-hydrogen) atoms. The molecule has 3 heterocycles. The van der Waals surface area contributed by atoms with Crippen molar-refractivity contribution in [1.82, 2.24) is 19.9 Å². The number of hydrogen-bond donors (Lipinski definition) is 1. The van der Waals surface area contributed by atoms with Gasteiger partial charge < -0.3 is 14.5 Å². The summed E-state index contributed by atoms with van der Waals surface area (Å²) in [7, 11) is 3.12. The number of H-pyrrole nitrogens is 1. The number of fused-ring (bicyclic) bond motifs is 1. The third-order valence-corrected chi connectivity index (χ3v) is 2.75. The molecule has 6 nitrogen and oxygen atoms in total. The number of nitrogens with zero attached hydrogens (tertiary/aromatic N) is 3. The summed E-state index contributed by atoms with van der Waals surface area (Å²) < 4.78 is 10.3. The lowest BCUT2D eigenvalue weighted by atomic mass is 10.2. The number of nitrogens with one attached hydrogen (secondary N) is 1. The zero-order chi connectivity index (χ0) is 13.2. The standard InChI is InChI=1S/C13H12N4O2/c1-18-10-6-5-8(13(16-10)19-2)11-15-9-4-3-7-14-12(9)17-11/h3-7H,1-2H3,(H,14,15,17). The Bertz CT molecular complexity index is 690. The summed E-state index contributed by atoms with van der Waals surface area (Å²) in [5, 5.41) is 0. The first-order valence-electron chi connectivity index (χ1n) is 5.72. The number of hydrogen-bond acceptors (Lipinski definition) is 5. The molecule has 0 aliphatic rings. The van der Waals surface area contributed by atoms with Crippen molar-refractivity contribution in [3.63, 3.8) is 0 Å². The van der Waals surface area contributed by atoms with E-state index >= 15 is 0 Å². The van der Waals surface area contributed by atoms with Gasteiger partial charge in [0, 0.05) is 12.3 Å². The van der Waals surface area contributed by atoms with Crippen molar-refractivity contribution in [3.05, 3.63) is 30.5 Å². The molecule has 0 radical (unpaired) electrons. The van der Waals surface area contributed by atoms with Gasteiger partial charge in [0.25, 0.3) is 0 Å². The van der Waals surface area contributed by atoms with Crippen molar-refractivity contribution < 1.29 is 9.47 Å². The lowest BCUT2D eigenvalue weighted by molar-refractivity contribution is 0.365. The second-order valence-electron chi connectivity index (χ2n) is 3.87. The molecule has 0 saturated carbocycles. The average molecular weight is 256 g/mol. The molecule has 3 aromatic rings. The van der Waals surface area contributed by atoms with E-state index in [-0.39, 0.29) is 0 Å². The number of aromatic nitrogens is 4. The number of rotatable bonds is 3. The van der Waals surface area contributed by atoms with Gasteiger partial charge in [-0.2, -0.15) is 4.98 Å². The molecular weight excluding hydrogens is 244 g/mol. The van der Waals surface area contributed by atoms with Crippen LogP contribution in [0.25, 0.3) is 22.6 Å². The number of imidazole rings is 1. The van der Waals surface area contributed by atoms with Crippen LogP contribution in [0.2, 0.25) is 0 Å². The smallest absolute Gasteiger partial charge is 0.227 e. The summed E-state index contributed by atoms with van der Waals surface area (Å²) in [6.45, 7) is 0. The fourth-order valence-electron chi connectivity index (χ4n) is 1.85. The van der Waals surface area contributed by atoms with Gasteiger partial charge in [-0.3, -0.25) is 0 Å². The van der Waals surface area contributed by atoms with Crippen molar-refractivity contribution in [2.45, 2.75) is 0 Å². The van der Waals surface area contributed by atoms with E-state index in [9.17, 15) is 0 Å². The molecule has 0 unspecified atom stereocenters. The van der Waals surface area contributed by atoms with E-state index in [0.717, 1.165) is 11.1 Å². The average Bonchev–Trinajstić information content (AvgIpc) is 2.90. The zero-order valence-electron chi connectivity index (χ0n) is 10.5. The minimum absolute atomic E-state index is 0.457. The Kier molecular flexibility index (Phi) is 2.75. The molecule has 0 fully saturated rings. The van der Waals surface area contributed by atoms with Crippen LogP contribution in [-0.2, 0) is 0 Å². The van der Waals surface area contributed by atoms with Crippen LogP contribution in [0.3, 0.4) is 0 Å². The summed E-state index contributed by atoms with van der Waals surface area (Å²) in [6.07, 6.45) is 1.70. The fourth-order valence-corrected chi connectivity index (χ4v) is 1.85. The minimum Gasteiger partial charge on any atom is -0.481 e. The largest absolute Gasteiger partial charge is 0.481 e. The number of aromatic amines is 1. The van der Waals surface area contributed by atoms with Crippen molar-refractivity contribution in [3.8, 4) is 23.1 Å². The Morgan fingerprint density at radius 3 is 2.68 bits per heavy atom. The van der Waals surface area contributed by atoms with Gasteiger partial charge in [0.15, 0.2) is 5.65 Å². The quantitative estimate of drug-likeness (QED) is 0.776. The first kappa shape index (κ1) is 11.5. The fraction of sp³-hybridized carbons (Fsp3) is 0.154. The van der Waals surface area contributed by atoms with Crippen molar-refractivity contribution in [1.29, 1.82) is 0 Å². The molecule has 0 aliphatic carbocycles. The van der Waals surface area contributed by atoms with E-state index in [1.54, 1.807) is 26.5 Å². The lowest BCUT2D eigenvalue weighted by Crippen LogP contribution is -1.95. The summed E-state index contributed by atoms with van der Waals surface area (Å²) in [5.74, 6) is 1.62. The summed E-state index contributed by atoms with van der Waals surface area (Å²) in [4.78, 5) is 16.0. The van der Waals surface area contributed by atoms with Crippen LogP contribution in [-0.4, -0.2) is 34.2 Å². The highest BCUT2D eigenvalue weighted by molar-refractivity contribution is 5.77. The van der Waals surface area contributed by atoms with Gasteiger partial charge in [0.1, 0.15) is 5.82 Å². The summed E-state index contributed by atoms with van der Waals surface area (Å²) in [5.41, 5.74) is 2.30. The Morgan fingerprint density at radius 1 is 1.05 bits per heavy atom. The van der Waals surface area contributed by atoms with E-state index in [4.69, 9.17) is 9.47 Å². The summed E-state index contributed by atoms with van der Waals surface area (Å²) >= 11 is 0. The molecular formula is C13H12N4O2. The van der Waals surface area contributed by atoms with Gasteiger partial charge >= 0.3 is 0 Å². The van der Waals surface area contributed by atoms with E-state index < -0.39 is 0 Å². The molecule has 3 aromatic heterocycles. The van der Waals surface area contributed by atoms with Gasteiger partial charge in [0.2, 0.25) is 11.8 Å². The van der Waals surface area contributed by atoms with E-state index in [0.29, 0.717) is 23.2 Å². The lowest BCUT2D eigenvalue weighted by Gasteiger charge is -2.06. The maximum absolute atomic E-state index is 5.27. The second-order valence-corrected chi connectivity index (χ2v) is 3.87. The third kappa shape index (κ3) is 1.97. The second kappa shape index (κ2) is 4.56. The molecule has 0 aliphatic heterocycles. The van der Waals surface area contributed by atoms with Gasteiger partial charge in [-0.25, -0.2) is 9.97 Å². The highest BCUT2D eigenvalue weighted by atomic mass is 16.5. The van der Waals surface area contributed by atoms with Crippen molar-refractivity contribution >= 4 is 11.2 Å². The number of methoxy groups -OCH3 is 2. The SMILES string of the molecule is COc1ccc(-c2nc3ncccc3[nH]2)c(OC)n1. The number of ether oxygens (including phenoxy) is 2. The maximum atomic E-state index is 5.27. The first-order valence-corrected chi connectivity index (χ1v) is 5.72. The van der Waals surface area contributed by atoms with Crippen LogP contribution >= 0.6 is 0 Å². The molecule has 96 valence electrons. The first-order chi connectivity index (χ1) is 9.31. The number of pyridine rings is 2. The maximum Gasteiger partial charge on any atom is 0.227 e. The predicted octanol–water partition coefficient (Wildman–Crippen LogP) is 2.04. The monoisotopic (exact) mass is 256 g/mol. The van der Waals surface area contributed by atoms with Crippen LogP contribution < -0.4 is 9.47 Å². The van der Waals surface area contributed by atoms with Gasteiger partial charge in [-0.1, -0.05) is 0 Å². The van der Waals surface area contributed by atoms with Crippen molar-refractivity contribution in [2.75, 3.05) is 14.2 Å². The molecule has 0 spiro atoms. The van der Waals surface area contributed by atoms with Crippen molar-refractivity contribution in [2.24, 2.45) is 0 Å². The van der Waals surface area contributed by atoms with Gasteiger partial charge in [-0.05, 0) is 18.2 Å². The van der Waals surface area contributed by atoms with Crippen LogP contribution in [0.4, 0.5) is 0 Å². The highest BCUT2D eigenvalue weighted by Gasteiger charge is 2.13. The van der Waals surface area contributed by atoms with E-state index in [2.05, 4.69) is 19.9 Å². The molecule has 0 atom stereocenters. The molecule has 0 amide bonds. The van der Waals surface area contributed by atoms with Crippen LogP contribution in [0.15, 0.2) is 30.5 Å². The third-order valence-electron chi connectivity index (χ3n) is 2.75. The van der Waals surface area contributed by atoms with Crippen LogP contribution in [0.5, 0.6) is 11.8 Å². The van der Waals surface area contributed by atoms with Crippen LogP contribution in [0.1, 0.15) is 0 Å². The Morgan fingerprint density at radius 2 is 1.95 bits per heavy atom. The molecule has 1 N–H and O–H groups in total. The van der Waals surface area contributed by atoms with E-state index in [1.165, 1.54) is 0 Å². The normalized spacial score (nSPS) is 10.6. The summed E-state index contributed by atoms with van der Waals surface area (Å²) in [6, 6.07) is 7.39. The topological polar surface area (TPSA) is 72.9 Å². The molecule has 0 bridgehead atoms. The minimum atomic E-state index is 0.457.